The fourth-order valence-electron chi connectivity index (χ4n) is 2.20. The highest BCUT2D eigenvalue weighted by Crippen LogP contribution is 2.22. The lowest BCUT2D eigenvalue weighted by atomic mass is 10.2. The fourth-order valence-corrected chi connectivity index (χ4v) is 2.20. The number of nitrogens with zero attached hydrogens (tertiary/aromatic N) is 4. The van der Waals surface area contributed by atoms with E-state index in [4.69, 9.17) is 10.5 Å². The molecule has 0 radical (unpaired) electrons. The summed E-state index contributed by atoms with van der Waals surface area (Å²) in [5, 5.41) is 4.53. The summed E-state index contributed by atoms with van der Waals surface area (Å²) in [4.78, 5) is 8.53. The Hall–Kier alpha value is -2.63. The maximum atomic E-state index is 5.94. The zero-order chi connectivity index (χ0) is 14.1. The number of fused-ring (bicyclic) bond motifs is 1. The highest BCUT2D eigenvalue weighted by Gasteiger charge is 2.12. The van der Waals surface area contributed by atoms with Crippen LogP contribution in [-0.2, 0) is 6.54 Å². The molecule has 0 fully saturated rings. The van der Waals surface area contributed by atoms with Gasteiger partial charge in [0.05, 0.1) is 25.0 Å². The van der Waals surface area contributed by atoms with Crippen molar-refractivity contribution in [2.45, 2.75) is 13.5 Å². The van der Waals surface area contributed by atoms with E-state index in [1.165, 1.54) is 0 Å². The van der Waals surface area contributed by atoms with Gasteiger partial charge in [-0.25, -0.2) is 4.98 Å². The van der Waals surface area contributed by atoms with Crippen molar-refractivity contribution < 1.29 is 4.74 Å². The molecule has 3 rings (SSSR count). The molecule has 0 unspecified atom stereocenters. The van der Waals surface area contributed by atoms with Gasteiger partial charge in [0, 0.05) is 18.0 Å². The molecule has 20 heavy (non-hydrogen) atoms. The molecule has 6 nitrogen and oxygen atoms in total. The Morgan fingerprint density at radius 3 is 2.80 bits per heavy atom. The summed E-state index contributed by atoms with van der Waals surface area (Å²) in [6, 6.07) is 5.60. The van der Waals surface area contributed by atoms with Crippen molar-refractivity contribution >= 4 is 16.7 Å². The molecule has 2 N–H and O–H groups in total. The summed E-state index contributed by atoms with van der Waals surface area (Å²) in [7, 11) is 1.61. The van der Waals surface area contributed by atoms with Gasteiger partial charge in [0.25, 0.3) is 0 Å². The number of ether oxygens (including phenoxy) is 1. The third kappa shape index (κ3) is 1.95. The van der Waals surface area contributed by atoms with E-state index in [2.05, 4.69) is 15.1 Å². The van der Waals surface area contributed by atoms with Crippen LogP contribution in [0.25, 0.3) is 11.0 Å². The summed E-state index contributed by atoms with van der Waals surface area (Å²) in [6.07, 6.45) is 3.40. The first-order valence-corrected chi connectivity index (χ1v) is 6.26. The molecule has 0 saturated heterocycles. The summed E-state index contributed by atoms with van der Waals surface area (Å²) in [5.74, 6) is 0.604. The molecular weight excluding hydrogens is 254 g/mol. The molecule has 6 heteroatoms. The van der Waals surface area contributed by atoms with Crippen molar-refractivity contribution in [3.8, 4) is 5.88 Å². The first-order valence-electron chi connectivity index (χ1n) is 6.26. The highest BCUT2D eigenvalue weighted by molar-refractivity contribution is 5.87. The lowest BCUT2D eigenvalue weighted by molar-refractivity contribution is 0.390. The number of rotatable bonds is 3. The number of aryl methyl sites for hydroxylation is 1. The van der Waals surface area contributed by atoms with Gasteiger partial charge in [-0.3, -0.25) is 9.67 Å². The molecule has 0 aliphatic carbocycles. The summed E-state index contributed by atoms with van der Waals surface area (Å²) in [6.45, 7) is 2.54. The van der Waals surface area contributed by atoms with Crippen LogP contribution in [0.5, 0.6) is 5.88 Å². The van der Waals surface area contributed by atoms with Crippen LogP contribution in [0.3, 0.4) is 0 Å². The van der Waals surface area contributed by atoms with Gasteiger partial charge >= 0.3 is 0 Å². The van der Waals surface area contributed by atoms with Crippen molar-refractivity contribution in [2.24, 2.45) is 0 Å². The van der Waals surface area contributed by atoms with Crippen molar-refractivity contribution in [1.29, 1.82) is 0 Å². The van der Waals surface area contributed by atoms with Gasteiger partial charge in [-0.1, -0.05) is 6.07 Å². The number of pyridine rings is 2. The smallest absolute Gasteiger partial charge is 0.218 e. The lowest BCUT2D eigenvalue weighted by Crippen LogP contribution is -2.06. The van der Waals surface area contributed by atoms with Crippen LogP contribution in [0.2, 0.25) is 0 Å². The van der Waals surface area contributed by atoms with E-state index in [0.29, 0.717) is 18.1 Å². The van der Waals surface area contributed by atoms with Crippen LogP contribution in [0.1, 0.15) is 11.3 Å². The van der Waals surface area contributed by atoms with Crippen LogP contribution in [0, 0.1) is 6.92 Å². The number of hydrogen-bond donors (Lipinski definition) is 1. The van der Waals surface area contributed by atoms with Gasteiger partial charge in [-0.2, -0.15) is 5.10 Å². The number of nitrogens with two attached hydrogens (primary N) is 1. The molecule has 3 aromatic heterocycles. The van der Waals surface area contributed by atoms with Crippen LogP contribution >= 0.6 is 0 Å². The van der Waals surface area contributed by atoms with Gasteiger partial charge in [0.15, 0.2) is 0 Å². The van der Waals surface area contributed by atoms with Crippen LogP contribution < -0.4 is 10.5 Å². The number of hydrogen-bond acceptors (Lipinski definition) is 5. The number of aromatic nitrogens is 4. The molecule has 0 amide bonds. The normalized spacial score (nSPS) is 10.9. The average molecular weight is 269 g/mol. The topological polar surface area (TPSA) is 78.8 Å². The van der Waals surface area contributed by atoms with E-state index >= 15 is 0 Å². The third-order valence-electron chi connectivity index (χ3n) is 3.27. The monoisotopic (exact) mass is 269 g/mol. The van der Waals surface area contributed by atoms with Gasteiger partial charge in [-0.15, -0.1) is 0 Å². The van der Waals surface area contributed by atoms with E-state index in [9.17, 15) is 0 Å². The molecule has 102 valence electrons. The first kappa shape index (κ1) is 12.4. The second kappa shape index (κ2) is 4.80. The molecule has 0 aliphatic heterocycles. The first-order chi connectivity index (χ1) is 9.70. The van der Waals surface area contributed by atoms with Gasteiger partial charge in [0.1, 0.15) is 11.0 Å². The van der Waals surface area contributed by atoms with Crippen molar-refractivity contribution in [2.75, 3.05) is 12.8 Å². The van der Waals surface area contributed by atoms with Crippen LogP contribution in [0.15, 0.2) is 30.6 Å². The van der Waals surface area contributed by atoms with Crippen molar-refractivity contribution in [3.05, 3.63) is 41.9 Å². The van der Waals surface area contributed by atoms with E-state index in [1.807, 2.05) is 23.7 Å². The van der Waals surface area contributed by atoms with Gasteiger partial charge in [0.2, 0.25) is 5.88 Å². The average Bonchev–Trinajstić information content (AvgIpc) is 2.78. The molecule has 0 bridgehead atoms. The lowest BCUT2D eigenvalue weighted by Gasteiger charge is -2.08. The molecule has 3 heterocycles. The predicted molar refractivity (Wildman–Crippen MR) is 76.6 cm³/mol. The number of nitrogen functional groups attached to an aromatic ring is 1. The summed E-state index contributed by atoms with van der Waals surface area (Å²) in [5.41, 5.74) is 10.1. The molecular formula is C14H15N5O. The highest BCUT2D eigenvalue weighted by atomic mass is 16.5. The number of methoxy groups -OCH3 is 1. The van der Waals surface area contributed by atoms with Gasteiger partial charge in [-0.05, 0) is 19.1 Å². The molecule has 0 spiro atoms. The van der Waals surface area contributed by atoms with E-state index < -0.39 is 0 Å². The zero-order valence-corrected chi connectivity index (χ0v) is 11.4. The molecule has 0 aliphatic rings. The molecule has 3 aromatic rings. The Morgan fingerprint density at radius 1 is 1.20 bits per heavy atom. The van der Waals surface area contributed by atoms with E-state index in [1.54, 1.807) is 25.6 Å². The Labute approximate surface area is 116 Å². The molecule has 0 aromatic carbocycles. The second-order valence-electron chi connectivity index (χ2n) is 4.51. The second-order valence-corrected chi connectivity index (χ2v) is 4.51. The zero-order valence-electron chi connectivity index (χ0n) is 11.4. The van der Waals surface area contributed by atoms with E-state index in [0.717, 1.165) is 22.3 Å². The van der Waals surface area contributed by atoms with Crippen molar-refractivity contribution in [1.82, 2.24) is 19.7 Å². The minimum Gasteiger partial charge on any atom is -0.481 e. The quantitative estimate of drug-likeness (QED) is 0.784. The Kier molecular flexibility index (Phi) is 2.98. The van der Waals surface area contributed by atoms with Gasteiger partial charge < -0.3 is 10.5 Å². The predicted octanol–water partition coefficient (Wildman–Crippen LogP) is 1.77. The summed E-state index contributed by atoms with van der Waals surface area (Å²) >= 11 is 0. The van der Waals surface area contributed by atoms with Crippen LogP contribution in [0.4, 0.5) is 5.69 Å². The Morgan fingerprint density at radius 2 is 2.05 bits per heavy atom. The van der Waals surface area contributed by atoms with E-state index in [-0.39, 0.29) is 0 Å². The maximum absolute atomic E-state index is 5.94. The molecule has 0 atom stereocenters. The number of anilines is 1. The SMILES string of the molecule is COc1ncccc1Cn1nc2c(N)ccnc2c1C. The third-order valence-corrected chi connectivity index (χ3v) is 3.27. The minimum atomic E-state index is 0.568. The fraction of sp³-hybridized carbons (Fsp3) is 0.214. The van der Waals surface area contributed by atoms with Crippen LogP contribution in [-0.4, -0.2) is 26.9 Å². The summed E-state index contributed by atoms with van der Waals surface area (Å²) < 4.78 is 7.13. The van der Waals surface area contributed by atoms with Crippen molar-refractivity contribution in [3.63, 3.8) is 0 Å². The minimum absolute atomic E-state index is 0.568. The molecule has 0 saturated carbocycles. The Balaban J connectivity index is 2.07. The largest absolute Gasteiger partial charge is 0.481 e. The standard InChI is InChI=1S/C14H15N5O/c1-9-12-13(11(15)5-7-16-12)18-19(9)8-10-4-3-6-17-14(10)20-2/h3-7H,8,15H2,1-2H3. The maximum Gasteiger partial charge on any atom is 0.218 e. The Bertz CT molecular complexity index is 765.